The highest BCUT2D eigenvalue weighted by atomic mass is 35.5. The van der Waals surface area contributed by atoms with Gasteiger partial charge in [-0.25, -0.2) is 4.98 Å². The molecule has 0 saturated heterocycles. The van der Waals surface area contributed by atoms with Gasteiger partial charge in [-0.2, -0.15) is 5.10 Å². The van der Waals surface area contributed by atoms with E-state index in [-0.39, 0.29) is 18.0 Å². The Balaban J connectivity index is 1.93. The largest absolute Gasteiger partial charge is 0.330 e. The van der Waals surface area contributed by atoms with Crippen LogP contribution in [0.5, 0.6) is 0 Å². The van der Waals surface area contributed by atoms with Gasteiger partial charge in [0, 0.05) is 17.8 Å². The second-order valence-corrected chi connectivity index (χ2v) is 5.81. The van der Waals surface area contributed by atoms with Gasteiger partial charge in [-0.3, -0.25) is 14.7 Å². The summed E-state index contributed by atoms with van der Waals surface area (Å²) in [6, 6.07) is 6.52. The predicted molar refractivity (Wildman–Crippen MR) is 91.0 cm³/mol. The van der Waals surface area contributed by atoms with E-state index in [2.05, 4.69) is 20.2 Å². The van der Waals surface area contributed by atoms with Crippen molar-refractivity contribution in [2.24, 2.45) is 0 Å². The minimum absolute atomic E-state index is 0.191. The minimum atomic E-state index is -0.253. The number of fused-ring (bicyclic) bond motifs is 1. The van der Waals surface area contributed by atoms with Gasteiger partial charge in [0.15, 0.2) is 0 Å². The fourth-order valence-corrected chi connectivity index (χ4v) is 2.65. The lowest BCUT2D eigenvalue weighted by atomic mass is 10.2. The van der Waals surface area contributed by atoms with Gasteiger partial charge >= 0.3 is 0 Å². The SMILES string of the molecule is CCCN(Cc1nc2cc(Cl)ccc2c(=O)[nH]1)C(=O)c1ccn[nH]1. The molecule has 0 aliphatic rings. The number of H-pyrrole nitrogens is 2. The van der Waals surface area contributed by atoms with Crippen molar-refractivity contribution in [2.45, 2.75) is 19.9 Å². The number of aromatic amines is 2. The molecule has 24 heavy (non-hydrogen) atoms. The Morgan fingerprint density at radius 2 is 2.17 bits per heavy atom. The van der Waals surface area contributed by atoms with Gasteiger partial charge < -0.3 is 9.88 Å². The van der Waals surface area contributed by atoms with Crippen molar-refractivity contribution in [2.75, 3.05) is 6.54 Å². The number of carbonyl (C=O) groups excluding carboxylic acids is 1. The van der Waals surface area contributed by atoms with E-state index in [1.54, 1.807) is 29.2 Å². The number of benzene rings is 1. The van der Waals surface area contributed by atoms with Gasteiger partial charge in [0.1, 0.15) is 11.5 Å². The summed E-state index contributed by atoms with van der Waals surface area (Å²) in [7, 11) is 0. The standard InChI is InChI=1S/C16H16ClN5O2/c1-2-7-22(16(24)12-5-6-18-21-12)9-14-19-13-8-10(17)3-4-11(13)15(23)20-14/h3-6,8H,2,7,9H2,1H3,(H,18,21)(H,19,20,23). The van der Waals surface area contributed by atoms with E-state index < -0.39 is 0 Å². The Labute approximate surface area is 142 Å². The number of carbonyl (C=O) groups is 1. The molecule has 0 unspecified atom stereocenters. The molecule has 7 nitrogen and oxygen atoms in total. The highest BCUT2D eigenvalue weighted by Crippen LogP contribution is 2.15. The summed E-state index contributed by atoms with van der Waals surface area (Å²) in [6.07, 6.45) is 2.30. The summed E-state index contributed by atoms with van der Waals surface area (Å²) in [5.74, 6) is 0.222. The van der Waals surface area contributed by atoms with Gasteiger partial charge in [-0.15, -0.1) is 0 Å². The third-order valence-electron chi connectivity index (χ3n) is 3.57. The Hall–Kier alpha value is -2.67. The Morgan fingerprint density at radius 3 is 2.88 bits per heavy atom. The molecule has 0 aliphatic carbocycles. The van der Waals surface area contributed by atoms with Crippen molar-refractivity contribution in [3.63, 3.8) is 0 Å². The Morgan fingerprint density at radius 1 is 1.33 bits per heavy atom. The molecule has 2 N–H and O–H groups in total. The topological polar surface area (TPSA) is 94.7 Å². The van der Waals surface area contributed by atoms with Crippen molar-refractivity contribution in [1.82, 2.24) is 25.1 Å². The molecule has 0 saturated carbocycles. The average molecular weight is 346 g/mol. The molecule has 124 valence electrons. The summed E-state index contributed by atoms with van der Waals surface area (Å²) >= 11 is 5.97. The van der Waals surface area contributed by atoms with Crippen LogP contribution in [0.2, 0.25) is 5.02 Å². The summed E-state index contributed by atoms with van der Waals surface area (Å²) in [5.41, 5.74) is 0.651. The van der Waals surface area contributed by atoms with E-state index >= 15 is 0 Å². The zero-order valence-electron chi connectivity index (χ0n) is 13.0. The molecule has 3 aromatic rings. The van der Waals surface area contributed by atoms with Crippen LogP contribution >= 0.6 is 11.6 Å². The van der Waals surface area contributed by atoms with Gasteiger partial charge in [-0.05, 0) is 30.7 Å². The van der Waals surface area contributed by atoms with Gasteiger partial charge in [-0.1, -0.05) is 18.5 Å². The van der Waals surface area contributed by atoms with Crippen LogP contribution in [-0.4, -0.2) is 37.5 Å². The van der Waals surface area contributed by atoms with Crippen molar-refractivity contribution in [1.29, 1.82) is 0 Å². The summed E-state index contributed by atoms with van der Waals surface area (Å²) in [4.78, 5) is 33.5. The number of rotatable bonds is 5. The normalized spacial score (nSPS) is 10.9. The summed E-state index contributed by atoms with van der Waals surface area (Å²) in [5, 5.41) is 7.42. The van der Waals surface area contributed by atoms with Gasteiger partial charge in [0.2, 0.25) is 0 Å². The zero-order valence-corrected chi connectivity index (χ0v) is 13.8. The molecule has 0 atom stereocenters. The number of nitrogens with zero attached hydrogens (tertiary/aromatic N) is 3. The van der Waals surface area contributed by atoms with Crippen LogP contribution in [0.25, 0.3) is 10.9 Å². The molecule has 0 radical (unpaired) electrons. The maximum atomic E-state index is 12.5. The van der Waals surface area contributed by atoms with Crippen LogP contribution in [0.1, 0.15) is 29.7 Å². The quantitative estimate of drug-likeness (QED) is 0.742. The molecule has 0 fully saturated rings. The van der Waals surface area contributed by atoms with E-state index in [1.807, 2.05) is 6.92 Å². The monoisotopic (exact) mass is 345 g/mol. The molecule has 1 amide bonds. The second-order valence-electron chi connectivity index (χ2n) is 5.37. The van der Waals surface area contributed by atoms with Crippen molar-refractivity contribution in [3.05, 3.63) is 57.4 Å². The highest BCUT2D eigenvalue weighted by Gasteiger charge is 2.18. The predicted octanol–water partition coefficient (Wildman–Crippen LogP) is 2.35. The number of nitrogens with one attached hydrogen (secondary N) is 2. The van der Waals surface area contributed by atoms with E-state index in [9.17, 15) is 9.59 Å². The molecule has 3 rings (SSSR count). The van der Waals surface area contributed by atoms with Crippen LogP contribution < -0.4 is 5.56 Å². The smallest absolute Gasteiger partial charge is 0.272 e. The van der Waals surface area contributed by atoms with Gasteiger partial charge in [0.05, 0.1) is 17.4 Å². The van der Waals surface area contributed by atoms with E-state index in [0.29, 0.717) is 34.0 Å². The lowest BCUT2D eigenvalue weighted by Gasteiger charge is -2.20. The van der Waals surface area contributed by atoms with Crippen LogP contribution in [0.15, 0.2) is 35.3 Å². The fraction of sp³-hybridized carbons (Fsp3) is 0.250. The van der Waals surface area contributed by atoms with Crippen LogP contribution in [-0.2, 0) is 6.54 Å². The number of halogens is 1. The highest BCUT2D eigenvalue weighted by molar-refractivity contribution is 6.31. The average Bonchev–Trinajstić information content (AvgIpc) is 3.07. The van der Waals surface area contributed by atoms with E-state index in [4.69, 9.17) is 11.6 Å². The first-order valence-corrected chi connectivity index (χ1v) is 7.93. The zero-order chi connectivity index (χ0) is 17.1. The maximum absolute atomic E-state index is 12.5. The van der Waals surface area contributed by atoms with Crippen LogP contribution in [0.3, 0.4) is 0 Å². The Kier molecular flexibility index (Phi) is 4.61. The molecule has 2 heterocycles. The van der Waals surface area contributed by atoms with Crippen molar-refractivity contribution in [3.8, 4) is 0 Å². The number of aromatic nitrogens is 4. The molecular formula is C16H16ClN5O2. The first-order chi connectivity index (χ1) is 11.6. The lowest BCUT2D eigenvalue weighted by Crippen LogP contribution is -2.33. The molecule has 0 aliphatic heterocycles. The van der Waals surface area contributed by atoms with Crippen molar-refractivity contribution < 1.29 is 4.79 Å². The molecule has 0 bridgehead atoms. The van der Waals surface area contributed by atoms with Crippen LogP contribution in [0.4, 0.5) is 0 Å². The molecule has 0 spiro atoms. The maximum Gasteiger partial charge on any atom is 0.272 e. The first kappa shape index (κ1) is 16.2. The third kappa shape index (κ3) is 3.30. The van der Waals surface area contributed by atoms with E-state index in [0.717, 1.165) is 6.42 Å². The van der Waals surface area contributed by atoms with Crippen LogP contribution in [0, 0.1) is 0 Å². The third-order valence-corrected chi connectivity index (χ3v) is 3.81. The molecule has 2 aromatic heterocycles. The van der Waals surface area contributed by atoms with Gasteiger partial charge in [0.25, 0.3) is 11.5 Å². The Bertz CT molecular complexity index is 920. The fourth-order valence-electron chi connectivity index (χ4n) is 2.48. The number of amides is 1. The summed E-state index contributed by atoms with van der Waals surface area (Å²) < 4.78 is 0. The minimum Gasteiger partial charge on any atom is -0.330 e. The molecule has 8 heteroatoms. The number of hydrogen-bond acceptors (Lipinski definition) is 4. The first-order valence-electron chi connectivity index (χ1n) is 7.55. The summed E-state index contributed by atoms with van der Waals surface area (Å²) in [6.45, 7) is 2.71. The molecule has 1 aromatic carbocycles. The van der Waals surface area contributed by atoms with Crippen molar-refractivity contribution >= 4 is 28.4 Å². The lowest BCUT2D eigenvalue weighted by molar-refractivity contribution is 0.0733. The second kappa shape index (κ2) is 6.84. The number of hydrogen-bond donors (Lipinski definition) is 2. The van der Waals surface area contributed by atoms with E-state index in [1.165, 1.54) is 6.20 Å². The molecular weight excluding hydrogens is 330 g/mol.